The molecule has 2 aromatic carbocycles. The van der Waals surface area contributed by atoms with E-state index < -0.39 is 0 Å². The summed E-state index contributed by atoms with van der Waals surface area (Å²) in [5.41, 5.74) is 2.50. The van der Waals surface area contributed by atoms with Crippen LogP contribution in [0.1, 0.15) is 11.1 Å². The lowest BCUT2D eigenvalue weighted by Gasteiger charge is -2.13. The highest BCUT2D eigenvalue weighted by molar-refractivity contribution is 14.1. The predicted octanol–water partition coefficient (Wildman–Crippen LogP) is 3.43. The highest BCUT2D eigenvalue weighted by Gasteiger charge is 2.13. The van der Waals surface area contributed by atoms with Crippen LogP contribution in [0.4, 0.5) is 5.69 Å². The van der Waals surface area contributed by atoms with Gasteiger partial charge in [0.05, 0.1) is 16.9 Å². The van der Waals surface area contributed by atoms with Crippen molar-refractivity contribution in [2.24, 2.45) is 5.16 Å². The number of carbonyl (C=O) groups is 1. The number of oxime groups is 1. The summed E-state index contributed by atoms with van der Waals surface area (Å²) in [7, 11) is 1.50. The van der Waals surface area contributed by atoms with Gasteiger partial charge in [0.1, 0.15) is 0 Å². The van der Waals surface area contributed by atoms with E-state index in [1.54, 1.807) is 12.1 Å². The van der Waals surface area contributed by atoms with Gasteiger partial charge in [-0.3, -0.25) is 4.79 Å². The molecule has 2 aromatic rings. The van der Waals surface area contributed by atoms with E-state index in [1.165, 1.54) is 13.3 Å². The Morgan fingerprint density at radius 2 is 2.04 bits per heavy atom. The molecule has 0 bridgehead atoms. The van der Waals surface area contributed by atoms with Gasteiger partial charge in [-0.1, -0.05) is 22.9 Å². The maximum absolute atomic E-state index is 12.0. The van der Waals surface area contributed by atoms with Crippen molar-refractivity contribution in [2.45, 2.75) is 6.92 Å². The third-order valence-electron chi connectivity index (χ3n) is 3.14. The largest absolute Gasteiger partial charge is 0.493 e. The Labute approximate surface area is 153 Å². The maximum Gasteiger partial charge on any atom is 0.262 e. The lowest BCUT2D eigenvalue weighted by atomic mass is 10.2. The van der Waals surface area contributed by atoms with Crippen molar-refractivity contribution in [2.75, 3.05) is 19.0 Å². The molecule has 6 nitrogen and oxygen atoms in total. The zero-order chi connectivity index (χ0) is 17.5. The molecule has 0 saturated carbocycles. The van der Waals surface area contributed by atoms with Crippen molar-refractivity contribution in [1.82, 2.24) is 0 Å². The molecule has 0 saturated heterocycles. The molecule has 24 heavy (non-hydrogen) atoms. The first-order chi connectivity index (χ1) is 11.5. The van der Waals surface area contributed by atoms with Crippen LogP contribution < -0.4 is 14.8 Å². The molecule has 0 unspecified atom stereocenters. The number of anilines is 1. The molecule has 0 heterocycles. The second-order valence-electron chi connectivity index (χ2n) is 4.98. The second kappa shape index (κ2) is 8.53. The molecule has 0 aliphatic carbocycles. The number of benzene rings is 2. The summed E-state index contributed by atoms with van der Waals surface area (Å²) in [6.07, 6.45) is 1.29. The number of amides is 1. The number of nitrogens with one attached hydrogen (secondary N) is 1. The quantitative estimate of drug-likeness (QED) is 0.312. The fraction of sp³-hybridized carbons (Fsp3) is 0.176. The summed E-state index contributed by atoms with van der Waals surface area (Å²) in [6.45, 7) is 1.84. The van der Waals surface area contributed by atoms with E-state index in [-0.39, 0.29) is 12.5 Å². The van der Waals surface area contributed by atoms with Gasteiger partial charge in [0.25, 0.3) is 5.91 Å². The first-order valence-electron chi connectivity index (χ1n) is 7.07. The molecule has 0 aromatic heterocycles. The van der Waals surface area contributed by atoms with Crippen LogP contribution in [0.2, 0.25) is 0 Å². The fourth-order valence-corrected chi connectivity index (χ4v) is 2.77. The van der Waals surface area contributed by atoms with Gasteiger partial charge in [-0.2, -0.15) is 0 Å². The average molecular weight is 440 g/mol. The minimum absolute atomic E-state index is 0.145. The molecule has 7 heteroatoms. The zero-order valence-electron chi connectivity index (χ0n) is 13.2. The van der Waals surface area contributed by atoms with Crippen LogP contribution in [-0.2, 0) is 4.79 Å². The van der Waals surface area contributed by atoms with E-state index >= 15 is 0 Å². The number of halogens is 1. The van der Waals surface area contributed by atoms with E-state index in [9.17, 15) is 4.79 Å². The van der Waals surface area contributed by atoms with E-state index in [1.807, 2.05) is 31.2 Å². The van der Waals surface area contributed by atoms with E-state index in [0.29, 0.717) is 22.7 Å². The summed E-state index contributed by atoms with van der Waals surface area (Å²) in [5, 5.41) is 14.4. The molecular weight excluding hydrogens is 423 g/mol. The van der Waals surface area contributed by atoms with Crippen LogP contribution in [0.25, 0.3) is 0 Å². The maximum atomic E-state index is 12.0. The molecule has 0 aliphatic rings. The summed E-state index contributed by atoms with van der Waals surface area (Å²) in [5.74, 6) is 0.657. The van der Waals surface area contributed by atoms with E-state index in [4.69, 9.17) is 14.7 Å². The Balaban J connectivity index is 2.05. The van der Waals surface area contributed by atoms with Gasteiger partial charge in [-0.15, -0.1) is 0 Å². The van der Waals surface area contributed by atoms with Crippen LogP contribution in [0.3, 0.4) is 0 Å². The molecule has 2 N–H and O–H groups in total. The number of hydrogen-bond donors (Lipinski definition) is 2. The second-order valence-corrected chi connectivity index (χ2v) is 6.14. The predicted molar refractivity (Wildman–Crippen MR) is 100 cm³/mol. The van der Waals surface area contributed by atoms with Crippen molar-refractivity contribution in [1.29, 1.82) is 0 Å². The smallest absolute Gasteiger partial charge is 0.262 e. The lowest BCUT2D eigenvalue weighted by molar-refractivity contribution is -0.118. The molecular formula is C17H17IN2O4. The standard InChI is InChI=1S/C17H17IN2O4/c1-11-3-5-13(6-4-11)20-16(21)10-24-17-14(18)7-12(9-19-22)8-15(17)23-2/h3-9,22H,10H2,1-2H3,(H,20,21)/b19-9+. The monoisotopic (exact) mass is 440 g/mol. The number of methoxy groups -OCH3 is 1. The van der Waals surface area contributed by atoms with Crippen LogP contribution in [0.5, 0.6) is 11.5 Å². The third-order valence-corrected chi connectivity index (χ3v) is 3.94. The minimum Gasteiger partial charge on any atom is -0.493 e. The Morgan fingerprint density at radius 1 is 1.33 bits per heavy atom. The summed E-state index contributed by atoms with van der Waals surface area (Å²) < 4.78 is 11.6. The molecule has 0 spiro atoms. The SMILES string of the molecule is COc1cc(/C=N/O)cc(I)c1OCC(=O)Nc1ccc(C)cc1. The Hall–Kier alpha value is -2.29. The van der Waals surface area contributed by atoms with Gasteiger partial charge in [-0.05, 0) is 53.8 Å². The van der Waals surface area contributed by atoms with Gasteiger partial charge in [0.15, 0.2) is 18.1 Å². The molecule has 0 fully saturated rings. The molecule has 2 rings (SSSR count). The highest BCUT2D eigenvalue weighted by Crippen LogP contribution is 2.33. The van der Waals surface area contributed by atoms with Crippen LogP contribution >= 0.6 is 22.6 Å². The number of hydrogen-bond acceptors (Lipinski definition) is 5. The van der Waals surface area contributed by atoms with Crippen LogP contribution in [-0.4, -0.2) is 31.0 Å². The minimum atomic E-state index is -0.266. The number of aryl methyl sites for hydroxylation is 1. The number of ether oxygens (including phenoxy) is 2. The van der Waals surface area contributed by atoms with Gasteiger partial charge >= 0.3 is 0 Å². The van der Waals surface area contributed by atoms with Crippen molar-refractivity contribution in [3.63, 3.8) is 0 Å². The summed E-state index contributed by atoms with van der Waals surface area (Å²) >= 11 is 2.07. The fourth-order valence-electron chi connectivity index (χ4n) is 1.99. The molecule has 1 amide bonds. The number of rotatable bonds is 6. The topological polar surface area (TPSA) is 80.2 Å². The van der Waals surface area contributed by atoms with E-state index in [0.717, 1.165) is 9.13 Å². The van der Waals surface area contributed by atoms with Crippen LogP contribution in [0, 0.1) is 10.5 Å². The molecule has 0 atom stereocenters. The normalized spacial score (nSPS) is 10.6. The molecule has 126 valence electrons. The molecule has 0 aliphatic heterocycles. The zero-order valence-corrected chi connectivity index (χ0v) is 15.4. The Kier molecular flexibility index (Phi) is 6.42. The summed E-state index contributed by atoms with van der Waals surface area (Å²) in [6, 6.07) is 10.9. The van der Waals surface area contributed by atoms with Crippen molar-refractivity contribution < 1.29 is 19.5 Å². The van der Waals surface area contributed by atoms with E-state index in [2.05, 4.69) is 33.1 Å². The third kappa shape index (κ3) is 4.85. The number of carbonyl (C=O) groups excluding carboxylic acids is 1. The van der Waals surface area contributed by atoms with Gasteiger partial charge in [-0.25, -0.2) is 0 Å². The van der Waals surface area contributed by atoms with Crippen molar-refractivity contribution in [3.8, 4) is 11.5 Å². The summed E-state index contributed by atoms with van der Waals surface area (Å²) in [4.78, 5) is 12.0. The van der Waals surface area contributed by atoms with Gasteiger partial charge < -0.3 is 20.0 Å². The van der Waals surface area contributed by atoms with Gasteiger partial charge in [0.2, 0.25) is 0 Å². The Bertz CT molecular complexity index is 745. The first kappa shape index (κ1) is 18.1. The average Bonchev–Trinajstić information content (AvgIpc) is 2.56. The lowest BCUT2D eigenvalue weighted by Crippen LogP contribution is -2.20. The first-order valence-corrected chi connectivity index (χ1v) is 8.15. The Morgan fingerprint density at radius 3 is 2.67 bits per heavy atom. The number of nitrogens with zero attached hydrogens (tertiary/aromatic N) is 1. The van der Waals surface area contributed by atoms with Crippen molar-refractivity contribution >= 4 is 40.4 Å². The van der Waals surface area contributed by atoms with Gasteiger partial charge in [0, 0.05) is 11.3 Å². The molecule has 0 radical (unpaired) electrons. The van der Waals surface area contributed by atoms with Crippen LogP contribution in [0.15, 0.2) is 41.6 Å². The highest BCUT2D eigenvalue weighted by atomic mass is 127. The van der Waals surface area contributed by atoms with Crippen molar-refractivity contribution in [3.05, 3.63) is 51.1 Å².